The van der Waals surface area contributed by atoms with Crippen LogP contribution in [0.2, 0.25) is 10.0 Å². The molecule has 0 fully saturated rings. The molecular formula is C14H11Cl2N5O. The Kier molecular flexibility index (Phi) is 4.41. The summed E-state index contributed by atoms with van der Waals surface area (Å²) in [6, 6.07) is 8.86. The van der Waals surface area contributed by atoms with Crippen molar-refractivity contribution in [3.63, 3.8) is 0 Å². The third-order valence-electron chi connectivity index (χ3n) is 2.76. The minimum atomic E-state index is 0.350. The summed E-state index contributed by atoms with van der Waals surface area (Å²) in [4.78, 5) is 4.31. The number of anilines is 3. The SMILES string of the molecule is Clc1ccc(Nc2nncc(NCc3ccco3)n2)cc1Cl. The van der Waals surface area contributed by atoms with Gasteiger partial charge in [-0.3, -0.25) is 0 Å². The van der Waals surface area contributed by atoms with Gasteiger partial charge in [0.25, 0.3) is 0 Å². The highest BCUT2D eigenvalue weighted by Crippen LogP contribution is 2.26. The molecule has 1 aromatic carbocycles. The average molecular weight is 336 g/mol. The van der Waals surface area contributed by atoms with E-state index >= 15 is 0 Å². The second kappa shape index (κ2) is 6.64. The second-order valence-corrected chi connectivity index (χ2v) is 5.17. The van der Waals surface area contributed by atoms with E-state index in [9.17, 15) is 0 Å². The molecule has 6 nitrogen and oxygen atoms in total. The monoisotopic (exact) mass is 335 g/mol. The summed E-state index contributed by atoms with van der Waals surface area (Å²) < 4.78 is 5.24. The van der Waals surface area contributed by atoms with Crippen molar-refractivity contribution in [3.05, 3.63) is 58.6 Å². The number of halogens is 2. The Morgan fingerprint density at radius 3 is 2.82 bits per heavy atom. The van der Waals surface area contributed by atoms with Crippen LogP contribution in [0, 0.1) is 0 Å². The van der Waals surface area contributed by atoms with Crippen LogP contribution in [-0.4, -0.2) is 15.2 Å². The lowest BCUT2D eigenvalue weighted by atomic mass is 10.3. The normalized spacial score (nSPS) is 10.5. The molecule has 0 atom stereocenters. The molecule has 2 N–H and O–H groups in total. The maximum atomic E-state index is 5.97. The van der Waals surface area contributed by atoms with Crippen molar-refractivity contribution in [1.29, 1.82) is 0 Å². The van der Waals surface area contributed by atoms with E-state index < -0.39 is 0 Å². The third-order valence-corrected chi connectivity index (χ3v) is 3.50. The van der Waals surface area contributed by atoms with Crippen LogP contribution in [0.1, 0.15) is 5.76 Å². The summed E-state index contributed by atoms with van der Waals surface area (Å²) in [5.41, 5.74) is 0.722. The van der Waals surface area contributed by atoms with Gasteiger partial charge in [0.1, 0.15) is 5.76 Å². The van der Waals surface area contributed by atoms with Crippen molar-refractivity contribution in [1.82, 2.24) is 15.2 Å². The minimum Gasteiger partial charge on any atom is -0.467 e. The van der Waals surface area contributed by atoms with Crippen LogP contribution < -0.4 is 10.6 Å². The van der Waals surface area contributed by atoms with E-state index in [0.717, 1.165) is 11.4 Å². The van der Waals surface area contributed by atoms with Crippen molar-refractivity contribution < 1.29 is 4.42 Å². The number of furan rings is 1. The molecule has 3 rings (SSSR count). The summed E-state index contributed by atoms with van der Waals surface area (Å²) in [5, 5.41) is 14.9. The number of nitrogens with one attached hydrogen (secondary N) is 2. The summed E-state index contributed by atoms with van der Waals surface area (Å²) >= 11 is 11.8. The number of rotatable bonds is 5. The standard InChI is InChI=1S/C14H11Cl2N5O/c15-11-4-3-9(6-12(11)16)19-14-20-13(8-18-21-14)17-7-10-2-1-5-22-10/h1-6,8H,7H2,(H2,17,19,20,21). The Morgan fingerprint density at radius 2 is 2.05 bits per heavy atom. The van der Waals surface area contributed by atoms with Crippen LogP contribution in [0.4, 0.5) is 17.5 Å². The molecule has 22 heavy (non-hydrogen) atoms. The topological polar surface area (TPSA) is 75.9 Å². The van der Waals surface area contributed by atoms with E-state index in [2.05, 4.69) is 25.8 Å². The van der Waals surface area contributed by atoms with Gasteiger partial charge in [0, 0.05) is 5.69 Å². The number of nitrogens with zero attached hydrogens (tertiary/aromatic N) is 3. The molecule has 0 saturated carbocycles. The van der Waals surface area contributed by atoms with Crippen LogP contribution in [0.15, 0.2) is 47.2 Å². The molecule has 0 saturated heterocycles. The number of benzene rings is 1. The van der Waals surface area contributed by atoms with Crippen molar-refractivity contribution >= 4 is 40.7 Å². The van der Waals surface area contributed by atoms with E-state index in [4.69, 9.17) is 27.6 Å². The first kappa shape index (κ1) is 14.6. The highest BCUT2D eigenvalue weighted by molar-refractivity contribution is 6.42. The quantitative estimate of drug-likeness (QED) is 0.730. The molecule has 0 radical (unpaired) electrons. The van der Waals surface area contributed by atoms with E-state index in [0.29, 0.717) is 28.4 Å². The molecule has 0 aliphatic rings. The van der Waals surface area contributed by atoms with Gasteiger partial charge in [0.15, 0.2) is 5.82 Å². The third kappa shape index (κ3) is 3.66. The van der Waals surface area contributed by atoms with Crippen molar-refractivity contribution in [2.24, 2.45) is 0 Å². The Balaban J connectivity index is 1.69. The fourth-order valence-electron chi connectivity index (χ4n) is 1.74. The van der Waals surface area contributed by atoms with Gasteiger partial charge in [-0.1, -0.05) is 23.2 Å². The number of hydrogen-bond acceptors (Lipinski definition) is 6. The maximum absolute atomic E-state index is 5.97. The second-order valence-electron chi connectivity index (χ2n) is 4.35. The van der Waals surface area contributed by atoms with Crippen molar-refractivity contribution in [3.8, 4) is 0 Å². The Morgan fingerprint density at radius 1 is 1.14 bits per heavy atom. The Bertz CT molecular complexity index is 764. The summed E-state index contributed by atoms with van der Waals surface area (Å²) in [7, 11) is 0. The fraction of sp³-hybridized carbons (Fsp3) is 0.0714. The highest BCUT2D eigenvalue weighted by Gasteiger charge is 2.04. The van der Waals surface area contributed by atoms with Gasteiger partial charge >= 0.3 is 0 Å². The first-order valence-electron chi connectivity index (χ1n) is 6.39. The maximum Gasteiger partial charge on any atom is 0.249 e. The van der Waals surface area contributed by atoms with Gasteiger partial charge in [-0.05, 0) is 30.3 Å². The molecule has 0 amide bonds. The lowest BCUT2D eigenvalue weighted by Gasteiger charge is -2.07. The van der Waals surface area contributed by atoms with Crippen molar-refractivity contribution in [2.45, 2.75) is 6.54 Å². The van der Waals surface area contributed by atoms with Crippen molar-refractivity contribution in [2.75, 3.05) is 10.6 Å². The van der Waals surface area contributed by atoms with Gasteiger partial charge in [-0.25, -0.2) is 0 Å². The smallest absolute Gasteiger partial charge is 0.249 e. The molecule has 3 aromatic rings. The van der Waals surface area contributed by atoms with Gasteiger partial charge in [-0.2, -0.15) is 10.1 Å². The van der Waals surface area contributed by atoms with Gasteiger partial charge in [-0.15, -0.1) is 5.10 Å². The molecular weight excluding hydrogens is 325 g/mol. The molecule has 8 heteroatoms. The predicted molar refractivity (Wildman–Crippen MR) is 85.6 cm³/mol. The van der Waals surface area contributed by atoms with Gasteiger partial charge < -0.3 is 15.1 Å². The van der Waals surface area contributed by atoms with E-state index in [1.165, 1.54) is 6.20 Å². The molecule has 2 aromatic heterocycles. The molecule has 0 aliphatic carbocycles. The Hall–Kier alpha value is -2.31. The lowest BCUT2D eigenvalue weighted by molar-refractivity contribution is 0.517. The molecule has 2 heterocycles. The fourth-order valence-corrected chi connectivity index (χ4v) is 2.03. The van der Waals surface area contributed by atoms with E-state index in [-0.39, 0.29) is 0 Å². The molecule has 0 aliphatic heterocycles. The zero-order valence-corrected chi connectivity index (χ0v) is 12.8. The molecule has 0 unspecified atom stereocenters. The number of aromatic nitrogens is 3. The summed E-state index contributed by atoms with van der Waals surface area (Å²) in [5.74, 6) is 1.73. The zero-order chi connectivity index (χ0) is 15.4. The Labute approximate surface area is 136 Å². The van der Waals surface area contributed by atoms with Gasteiger partial charge in [0.2, 0.25) is 5.95 Å². The summed E-state index contributed by atoms with van der Waals surface area (Å²) in [6.07, 6.45) is 3.15. The largest absolute Gasteiger partial charge is 0.467 e. The zero-order valence-electron chi connectivity index (χ0n) is 11.3. The van der Waals surface area contributed by atoms with Crippen LogP contribution >= 0.6 is 23.2 Å². The van der Waals surface area contributed by atoms with E-state index in [1.54, 1.807) is 24.5 Å². The van der Waals surface area contributed by atoms with Crippen LogP contribution in [-0.2, 0) is 6.54 Å². The number of hydrogen-bond donors (Lipinski definition) is 2. The van der Waals surface area contributed by atoms with Crippen LogP contribution in [0.5, 0.6) is 0 Å². The first-order chi connectivity index (χ1) is 10.7. The molecule has 112 valence electrons. The van der Waals surface area contributed by atoms with Crippen LogP contribution in [0.3, 0.4) is 0 Å². The summed E-state index contributed by atoms with van der Waals surface area (Å²) in [6.45, 7) is 0.512. The first-order valence-corrected chi connectivity index (χ1v) is 7.14. The molecule has 0 bridgehead atoms. The van der Waals surface area contributed by atoms with E-state index in [1.807, 2.05) is 12.1 Å². The van der Waals surface area contributed by atoms with Crippen LogP contribution in [0.25, 0.3) is 0 Å². The van der Waals surface area contributed by atoms with Gasteiger partial charge in [0.05, 0.1) is 29.1 Å². The predicted octanol–water partition coefficient (Wildman–Crippen LogP) is 4.13. The highest BCUT2D eigenvalue weighted by atomic mass is 35.5. The minimum absolute atomic E-state index is 0.350. The average Bonchev–Trinajstić information content (AvgIpc) is 3.03. The lowest BCUT2D eigenvalue weighted by Crippen LogP contribution is -2.05. The molecule has 0 spiro atoms.